The van der Waals surface area contributed by atoms with Gasteiger partial charge in [0.1, 0.15) is 11.5 Å². The lowest BCUT2D eigenvalue weighted by Crippen LogP contribution is -2.32. The standard InChI is InChI=1S/C23H25ClN2O4/c1-25(2)13-4-14-26-20(15-5-9-17(24)10-6-15)19(22(28)23(26)29)21(27)16-7-11-18(30-3)12-8-16/h5-12,20,27H,4,13-14H2,1-3H3/b21-19+/t20-/m0/s1. The highest BCUT2D eigenvalue weighted by Gasteiger charge is 2.45. The number of hydrogen-bond donors (Lipinski definition) is 1. The fourth-order valence-electron chi connectivity index (χ4n) is 3.56. The molecule has 1 N–H and O–H groups in total. The maximum Gasteiger partial charge on any atom is 0.295 e. The molecule has 1 aliphatic rings. The van der Waals surface area contributed by atoms with Crippen LogP contribution in [0.2, 0.25) is 5.02 Å². The van der Waals surface area contributed by atoms with Gasteiger partial charge in [0.05, 0.1) is 18.7 Å². The summed E-state index contributed by atoms with van der Waals surface area (Å²) in [6.07, 6.45) is 0.701. The molecular weight excluding hydrogens is 404 g/mol. The quantitative estimate of drug-likeness (QED) is 0.413. The average Bonchev–Trinajstić information content (AvgIpc) is 2.98. The number of hydrogen-bond acceptors (Lipinski definition) is 5. The van der Waals surface area contributed by atoms with E-state index in [1.165, 1.54) is 4.90 Å². The van der Waals surface area contributed by atoms with Gasteiger partial charge >= 0.3 is 0 Å². The SMILES string of the molecule is COc1ccc(/C(O)=C2\C(=O)C(=O)N(CCCN(C)C)[C@H]2c2ccc(Cl)cc2)cc1. The number of aliphatic hydroxyl groups is 1. The largest absolute Gasteiger partial charge is 0.507 e. The van der Waals surface area contributed by atoms with E-state index in [1.54, 1.807) is 55.6 Å². The molecule has 1 fully saturated rings. The molecule has 0 spiro atoms. The van der Waals surface area contributed by atoms with Crippen LogP contribution >= 0.6 is 11.6 Å². The number of aliphatic hydroxyl groups excluding tert-OH is 1. The molecule has 1 aliphatic heterocycles. The van der Waals surface area contributed by atoms with E-state index in [1.807, 2.05) is 19.0 Å². The summed E-state index contributed by atoms with van der Waals surface area (Å²) in [5.41, 5.74) is 1.25. The number of carbonyl (C=O) groups excluding carboxylic acids is 2. The molecule has 0 unspecified atom stereocenters. The van der Waals surface area contributed by atoms with Crippen LogP contribution in [0.1, 0.15) is 23.6 Å². The van der Waals surface area contributed by atoms with Gasteiger partial charge in [-0.05, 0) is 69.0 Å². The Morgan fingerprint density at radius 2 is 1.73 bits per heavy atom. The van der Waals surface area contributed by atoms with E-state index >= 15 is 0 Å². The van der Waals surface area contributed by atoms with E-state index in [4.69, 9.17) is 16.3 Å². The van der Waals surface area contributed by atoms with Crippen LogP contribution in [0.3, 0.4) is 0 Å². The Morgan fingerprint density at radius 1 is 1.10 bits per heavy atom. The molecule has 0 aromatic heterocycles. The minimum Gasteiger partial charge on any atom is -0.507 e. The number of benzene rings is 2. The Hall–Kier alpha value is -2.83. The summed E-state index contributed by atoms with van der Waals surface area (Å²) in [5.74, 6) is -0.868. The number of ether oxygens (including phenoxy) is 1. The third-order valence-electron chi connectivity index (χ3n) is 5.09. The van der Waals surface area contributed by atoms with E-state index in [9.17, 15) is 14.7 Å². The lowest BCUT2D eigenvalue weighted by Gasteiger charge is -2.26. The van der Waals surface area contributed by atoms with Crippen LogP contribution in [0.25, 0.3) is 5.76 Å². The molecule has 0 saturated carbocycles. The summed E-state index contributed by atoms with van der Waals surface area (Å²) >= 11 is 6.03. The second-order valence-corrected chi connectivity index (χ2v) is 7.87. The number of likely N-dealkylation sites (tertiary alicyclic amines) is 1. The summed E-state index contributed by atoms with van der Waals surface area (Å²) in [5, 5.41) is 11.5. The van der Waals surface area contributed by atoms with Crippen LogP contribution in [-0.2, 0) is 9.59 Å². The van der Waals surface area contributed by atoms with Gasteiger partial charge in [-0.3, -0.25) is 9.59 Å². The highest BCUT2D eigenvalue weighted by molar-refractivity contribution is 6.46. The zero-order valence-corrected chi connectivity index (χ0v) is 18.0. The molecule has 0 radical (unpaired) electrons. The summed E-state index contributed by atoms with van der Waals surface area (Å²) in [6, 6.07) is 13.0. The molecule has 3 rings (SSSR count). The molecule has 7 heteroatoms. The molecule has 2 aromatic rings. The Kier molecular flexibility index (Phi) is 6.80. The van der Waals surface area contributed by atoms with Gasteiger partial charge in [-0.2, -0.15) is 0 Å². The number of methoxy groups -OCH3 is 1. The van der Waals surface area contributed by atoms with Crippen molar-refractivity contribution in [2.75, 3.05) is 34.3 Å². The first-order valence-corrected chi connectivity index (χ1v) is 10.0. The number of rotatable bonds is 7. The second kappa shape index (κ2) is 9.32. The van der Waals surface area contributed by atoms with E-state index < -0.39 is 17.7 Å². The molecule has 1 atom stereocenters. The van der Waals surface area contributed by atoms with Crippen LogP contribution in [-0.4, -0.2) is 60.9 Å². The number of halogens is 1. The molecule has 2 aromatic carbocycles. The Morgan fingerprint density at radius 3 is 2.30 bits per heavy atom. The van der Waals surface area contributed by atoms with Crippen LogP contribution in [0, 0.1) is 0 Å². The first-order valence-electron chi connectivity index (χ1n) is 9.66. The predicted molar refractivity (Wildman–Crippen MR) is 117 cm³/mol. The van der Waals surface area contributed by atoms with Gasteiger partial charge in [0, 0.05) is 17.1 Å². The Bertz CT molecular complexity index is 952. The van der Waals surface area contributed by atoms with Crippen molar-refractivity contribution in [1.29, 1.82) is 0 Å². The highest BCUT2D eigenvalue weighted by Crippen LogP contribution is 2.39. The van der Waals surface area contributed by atoms with Gasteiger partial charge in [0.15, 0.2) is 0 Å². The fourth-order valence-corrected chi connectivity index (χ4v) is 3.69. The first-order chi connectivity index (χ1) is 14.3. The predicted octanol–water partition coefficient (Wildman–Crippen LogP) is 3.72. The molecule has 1 amide bonds. The topological polar surface area (TPSA) is 70.1 Å². The van der Waals surface area contributed by atoms with Crippen molar-refractivity contribution in [2.24, 2.45) is 0 Å². The van der Waals surface area contributed by atoms with Crippen molar-refractivity contribution in [1.82, 2.24) is 9.80 Å². The van der Waals surface area contributed by atoms with E-state index in [0.717, 1.165) is 12.1 Å². The zero-order valence-electron chi connectivity index (χ0n) is 17.3. The Balaban J connectivity index is 2.06. The highest BCUT2D eigenvalue weighted by atomic mass is 35.5. The maximum absolute atomic E-state index is 12.9. The van der Waals surface area contributed by atoms with Crippen LogP contribution in [0.5, 0.6) is 5.75 Å². The monoisotopic (exact) mass is 428 g/mol. The molecule has 6 nitrogen and oxygen atoms in total. The third kappa shape index (κ3) is 4.50. The zero-order chi connectivity index (χ0) is 21.8. The summed E-state index contributed by atoms with van der Waals surface area (Å²) < 4.78 is 5.15. The molecule has 30 heavy (non-hydrogen) atoms. The molecule has 0 bridgehead atoms. The van der Waals surface area contributed by atoms with E-state index in [2.05, 4.69) is 0 Å². The minimum absolute atomic E-state index is 0.0809. The van der Waals surface area contributed by atoms with Gasteiger partial charge in [0.2, 0.25) is 0 Å². The number of carbonyl (C=O) groups is 2. The summed E-state index contributed by atoms with van der Waals surface area (Å²) in [6.45, 7) is 1.17. The number of nitrogens with zero attached hydrogens (tertiary/aromatic N) is 2. The molecular formula is C23H25ClN2O4. The number of amides is 1. The number of Topliss-reactive ketones (excluding diaryl/α,β-unsaturated/α-hetero) is 1. The van der Waals surface area contributed by atoms with Crippen molar-refractivity contribution in [2.45, 2.75) is 12.5 Å². The van der Waals surface area contributed by atoms with E-state index in [0.29, 0.717) is 29.3 Å². The lowest BCUT2D eigenvalue weighted by atomic mass is 9.95. The van der Waals surface area contributed by atoms with Crippen LogP contribution in [0.15, 0.2) is 54.1 Å². The van der Waals surface area contributed by atoms with Crippen molar-refractivity contribution in [3.05, 3.63) is 70.3 Å². The molecule has 1 saturated heterocycles. The lowest BCUT2D eigenvalue weighted by molar-refractivity contribution is -0.139. The second-order valence-electron chi connectivity index (χ2n) is 7.43. The van der Waals surface area contributed by atoms with Crippen molar-refractivity contribution < 1.29 is 19.4 Å². The molecule has 0 aliphatic carbocycles. The Labute approximate surface area is 181 Å². The molecule has 1 heterocycles. The fraction of sp³-hybridized carbons (Fsp3) is 0.304. The van der Waals surface area contributed by atoms with Crippen LogP contribution < -0.4 is 4.74 Å². The van der Waals surface area contributed by atoms with Crippen LogP contribution in [0.4, 0.5) is 0 Å². The van der Waals surface area contributed by atoms with Crippen molar-refractivity contribution >= 4 is 29.1 Å². The number of ketones is 1. The minimum atomic E-state index is -0.687. The van der Waals surface area contributed by atoms with Gasteiger partial charge in [-0.1, -0.05) is 23.7 Å². The smallest absolute Gasteiger partial charge is 0.295 e. The van der Waals surface area contributed by atoms with Gasteiger partial charge in [0.25, 0.3) is 11.7 Å². The third-order valence-corrected chi connectivity index (χ3v) is 5.35. The van der Waals surface area contributed by atoms with Gasteiger partial charge < -0.3 is 19.6 Å². The van der Waals surface area contributed by atoms with Crippen molar-refractivity contribution in [3.8, 4) is 5.75 Å². The maximum atomic E-state index is 12.9. The summed E-state index contributed by atoms with van der Waals surface area (Å²) in [7, 11) is 5.46. The van der Waals surface area contributed by atoms with Crippen molar-refractivity contribution in [3.63, 3.8) is 0 Å². The summed E-state index contributed by atoms with van der Waals surface area (Å²) in [4.78, 5) is 29.3. The van der Waals surface area contributed by atoms with Gasteiger partial charge in [-0.25, -0.2) is 0 Å². The molecule has 158 valence electrons. The normalized spacial score (nSPS) is 18.3. The van der Waals surface area contributed by atoms with E-state index in [-0.39, 0.29) is 11.3 Å². The first kappa shape index (κ1) is 21.9. The van der Waals surface area contributed by atoms with Gasteiger partial charge in [-0.15, -0.1) is 0 Å². The average molecular weight is 429 g/mol.